The standard InChI is InChI=1S/C80H32/c1-7-36-17-25-45-64-56(36)53-33(1)2-8-37-19-27-47(65(64)57(37)53)72-67(45)71-46-26-18-38-9-3-34-4-10-39-20-28-48(68-59(39)54(34)58(38)66(46)68)74(71)80-51-31-23-43-14-13-42-15-16-44-24-32-52(78(72)80)79(73(44)62(42)63(43)77(51)79)75-49-29-21-40-11-5-35-6-12-41-22-30-50(76(75)80)70-61(41)55(35)60(40)69(49)70/h1-32H. The lowest BCUT2D eigenvalue weighted by molar-refractivity contribution is 0.619. The van der Waals surface area contributed by atoms with Crippen molar-refractivity contribution in [3.8, 4) is 11.1 Å². The predicted octanol–water partition coefficient (Wildman–Crippen LogP) is 21.0. The second-order valence-corrected chi connectivity index (χ2v) is 25.4. The lowest BCUT2D eigenvalue weighted by Gasteiger charge is -2.60. The molecule has 0 fully saturated rings. The molecular weight excluding hydrogens is 961 g/mol. The Morgan fingerprint density at radius 1 is 0.188 bits per heavy atom. The van der Waals surface area contributed by atoms with Crippen LogP contribution in [0.4, 0.5) is 0 Å². The number of benzene rings is 18. The normalized spacial score (nSPS) is 19.0. The molecule has 0 aliphatic heterocycles. The van der Waals surface area contributed by atoms with Gasteiger partial charge in [-0.25, -0.2) is 0 Å². The molecule has 21 aromatic rings. The molecule has 27 rings (SSSR count). The summed E-state index contributed by atoms with van der Waals surface area (Å²) in [6.07, 6.45) is 5.21. The quantitative estimate of drug-likeness (QED) is 0.133. The summed E-state index contributed by atoms with van der Waals surface area (Å²) in [5.41, 5.74) is 16.3. The average Bonchev–Trinajstić information content (AvgIpc) is 1.26. The van der Waals surface area contributed by atoms with E-state index in [2.05, 4.69) is 194 Å². The van der Waals surface area contributed by atoms with Crippen LogP contribution in [0.2, 0.25) is 0 Å². The van der Waals surface area contributed by atoms with Gasteiger partial charge in [-0.2, -0.15) is 0 Å². The fourth-order valence-electron chi connectivity index (χ4n) is 20.9. The van der Waals surface area contributed by atoms with Crippen LogP contribution in [0.15, 0.2) is 194 Å². The average molecular weight is 993 g/mol. The van der Waals surface area contributed by atoms with Gasteiger partial charge in [0.25, 0.3) is 0 Å². The molecule has 0 N–H and O–H groups in total. The van der Waals surface area contributed by atoms with Crippen molar-refractivity contribution < 1.29 is 0 Å². The molecule has 21 aromatic carbocycles. The van der Waals surface area contributed by atoms with E-state index in [1.807, 2.05) is 0 Å². The Kier molecular flexibility index (Phi) is 4.94. The highest BCUT2D eigenvalue weighted by atomic mass is 14.7. The van der Waals surface area contributed by atoms with Gasteiger partial charge in [-0.15, -0.1) is 0 Å². The highest BCUT2D eigenvalue weighted by Crippen LogP contribution is 2.79. The highest BCUT2D eigenvalue weighted by Gasteiger charge is 2.68. The van der Waals surface area contributed by atoms with Crippen molar-refractivity contribution in [3.05, 3.63) is 238 Å². The Morgan fingerprint density at radius 3 is 0.963 bits per heavy atom. The van der Waals surface area contributed by atoms with Crippen LogP contribution < -0.4 is 0 Å². The molecule has 2 unspecified atom stereocenters. The van der Waals surface area contributed by atoms with Crippen LogP contribution in [-0.2, 0) is 10.8 Å². The van der Waals surface area contributed by atoms with Crippen LogP contribution in [0.3, 0.4) is 0 Å². The maximum absolute atomic E-state index is 2.67. The number of hydrogen-bond donors (Lipinski definition) is 0. The molecule has 2 bridgehead atoms. The van der Waals surface area contributed by atoms with Gasteiger partial charge in [0.2, 0.25) is 0 Å². The molecule has 0 aromatic heterocycles. The van der Waals surface area contributed by atoms with E-state index >= 15 is 0 Å². The van der Waals surface area contributed by atoms with E-state index in [1.54, 1.807) is 0 Å². The van der Waals surface area contributed by atoms with Crippen LogP contribution in [-0.4, -0.2) is 0 Å². The van der Waals surface area contributed by atoms with E-state index in [4.69, 9.17) is 0 Å². The molecule has 6 aliphatic rings. The van der Waals surface area contributed by atoms with E-state index in [-0.39, 0.29) is 0 Å². The third-order valence-electron chi connectivity index (χ3n) is 23.0. The molecule has 352 valence electrons. The fourth-order valence-corrected chi connectivity index (χ4v) is 20.9. The van der Waals surface area contributed by atoms with Gasteiger partial charge in [-0.1, -0.05) is 194 Å². The third kappa shape index (κ3) is 3.08. The first-order valence-electron chi connectivity index (χ1n) is 28.8. The Labute approximate surface area is 452 Å². The second-order valence-electron chi connectivity index (χ2n) is 25.4. The molecule has 80 heavy (non-hydrogen) atoms. The zero-order chi connectivity index (χ0) is 50.2. The molecule has 2 atom stereocenters. The minimum atomic E-state index is -0.768. The molecule has 0 amide bonds. The third-order valence-corrected chi connectivity index (χ3v) is 23.0. The zero-order valence-electron chi connectivity index (χ0n) is 42.5. The van der Waals surface area contributed by atoms with Crippen LogP contribution in [0.1, 0.15) is 44.5 Å². The van der Waals surface area contributed by atoms with E-state index in [0.717, 1.165) is 0 Å². The number of fused-ring (bicyclic) bond motifs is 7. The molecule has 0 heterocycles. The topological polar surface area (TPSA) is 0 Å². The van der Waals surface area contributed by atoms with Gasteiger partial charge >= 0.3 is 0 Å². The van der Waals surface area contributed by atoms with Gasteiger partial charge < -0.3 is 0 Å². The van der Waals surface area contributed by atoms with Crippen molar-refractivity contribution >= 4 is 195 Å². The number of rotatable bonds is 0. The summed E-state index contributed by atoms with van der Waals surface area (Å²) in [6.45, 7) is 0. The first kappa shape index (κ1) is 36.8. The van der Waals surface area contributed by atoms with Gasteiger partial charge in [0, 0.05) is 0 Å². The predicted molar refractivity (Wildman–Crippen MR) is 339 cm³/mol. The van der Waals surface area contributed by atoms with Crippen molar-refractivity contribution in [2.45, 2.75) is 10.8 Å². The lowest BCUT2D eigenvalue weighted by Crippen LogP contribution is -2.52. The van der Waals surface area contributed by atoms with Crippen LogP contribution in [0.5, 0.6) is 0 Å². The maximum atomic E-state index is 2.67. The Morgan fingerprint density at radius 2 is 0.500 bits per heavy atom. The van der Waals surface area contributed by atoms with Crippen molar-refractivity contribution in [2.75, 3.05) is 0 Å². The van der Waals surface area contributed by atoms with Crippen LogP contribution in [0.25, 0.3) is 206 Å². The highest BCUT2D eigenvalue weighted by molar-refractivity contribution is 6.52. The van der Waals surface area contributed by atoms with Gasteiger partial charge in [-0.3, -0.25) is 0 Å². The summed E-state index contributed by atoms with van der Waals surface area (Å²) in [7, 11) is 0. The summed E-state index contributed by atoms with van der Waals surface area (Å²) in [5.74, 6) is 0. The first-order valence-corrected chi connectivity index (χ1v) is 28.8. The van der Waals surface area contributed by atoms with E-state index in [0.29, 0.717) is 0 Å². The van der Waals surface area contributed by atoms with E-state index in [1.165, 1.54) is 250 Å². The number of hydrogen-bond acceptors (Lipinski definition) is 0. The van der Waals surface area contributed by atoms with E-state index < -0.39 is 10.8 Å². The van der Waals surface area contributed by atoms with Gasteiger partial charge in [0.1, 0.15) is 0 Å². The summed E-state index contributed by atoms with van der Waals surface area (Å²) >= 11 is 0. The molecule has 2 spiro atoms. The van der Waals surface area contributed by atoms with Crippen LogP contribution >= 0.6 is 0 Å². The Hall–Kier alpha value is -10.1. The largest absolute Gasteiger partial charge is 0.0736 e. The van der Waals surface area contributed by atoms with E-state index in [9.17, 15) is 0 Å². The smallest absolute Gasteiger partial charge is 0.0565 e. The lowest BCUT2D eigenvalue weighted by atomic mass is 9.40. The monoisotopic (exact) mass is 992 g/mol. The van der Waals surface area contributed by atoms with Crippen molar-refractivity contribution in [2.24, 2.45) is 0 Å². The first-order chi connectivity index (χ1) is 39.7. The minimum Gasteiger partial charge on any atom is -0.0565 e. The van der Waals surface area contributed by atoms with Gasteiger partial charge in [0.05, 0.1) is 10.8 Å². The zero-order valence-corrected chi connectivity index (χ0v) is 42.5. The Bertz CT molecular complexity index is 6780. The summed E-state index contributed by atoms with van der Waals surface area (Å²) < 4.78 is 0. The summed E-state index contributed by atoms with van der Waals surface area (Å²) in [4.78, 5) is 0. The van der Waals surface area contributed by atoms with Crippen LogP contribution in [0, 0.1) is 0 Å². The molecular formula is C80H32. The van der Waals surface area contributed by atoms with Gasteiger partial charge in [0.15, 0.2) is 0 Å². The molecule has 0 saturated carbocycles. The molecule has 6 aliphatic carbocycles. The molecule has 0 radical (unpaired) electrons. The van der Waals surface area contributed by atoms with Gasteiger partial charge in [-0.05, 0) is 250 Å². The van der Waals surface area contributed by atoms with Crippen molar-refractivity contribution in [1.82, 2.24) is 0 Å². The van der Waals surface area contributed by atoms with Crippen molar-refractivity contribution in [1.29, 1.82) is 0 Å². The molecule has 0 heteroatoms. The second kappa shape index (κ2) is 10.7. The summed E-state index contributed by atoms with van der Waals surface area (Å²) in [5, 5.41) is 47.5. The fraction of sp³-hybridized carbons (Fsp3) is 0.0250. The molecule has 0 saturated heterocycles. The van der Waals surface area contributed by atoms with Crippen molar-refractivity contribution in [3.63, 3.8) is 0 Å². The summed E-state index contributed by atoms with van der Waals surface area (Å²) in [6, 6.07) is 74.1. The number of allylic oxidation sites excluding steroid dienone is 3. The Balaban J connectivity index is 1.05. The SMILES string of the molecule is C1=Cc2ccc3ccc4ccc5c6c4c3c2C62C1=C1c3c(c4ccc6ccc7ccc8ccc3c3c8c7c6c43)-c3c(c4ccc6ccc7ccc8ccc3c3c8c7c6c43)C15c1c2c2ccc3ccc4ccc5ccc1c1c5c4c3c21. The minimum absolute atomic E-state index is 0.594. The maximum Gasteiger partial charge on any atom is 0.0736 e. The molecule has 0 nitrogen and oxygen atoms in total.